The van der Waals surface area contributed by atoms with Crippen molar-refractivity contribution in [1.29, 1.82) is 0 Å². The van der Waals surface area contributed by atoms with E-state index in [4.69, 9.17) is 0 Å². The molecule has 1 atom stereocenters. The minimum absolute atomic E-state index is 0.500. The van der Waals surface area contributed by atoms with E-state index >= 15 is 0 Å². The van der Waals surface area contributed by atoms with Gasteiger partial charge in [0.15, 0.2) is 0 Å². The Labute approximate surface area is 62.7 Å². The van der Waals surface area contributed by atoms with Gasteiger partial charge in [0.05, 0.1) is 0 Å². The standard InChI is InChI=1S/C9H15N/c1-2-9-5-3-7-10(9)8-4-6-9/h3,5H,2,4,6-8H2,1H3/t9-/m1/s1. The Kier molecular flexibility index (Phi) is 1.34. The SMILES string of the molecule is CC[C@]12C=CCN1CCC2. The van der Waals surface area contributed by atoms with Gasteiger partial charge in [-0.25, -0.2) is 0 Å². The molecule has 0 aromatic heterocycles. The van der Waals surface area contributed by atoms with E-state index in [1.54, 1.807) is 0 Å². The molecule has 2 aliphatic rings. The third kappa shape index (κ3) is 0.671. The quantitative estimate of drug-likeness (QED) is 0.498. The fraction of sp³-hybridized carbons (Fsp3) is 0.778. The van der Waals surface area contributed by atoms with Crippen LogP contribution in [0.25, 0.3) is 0 Å². The van der Waals surface area contributed by atoms with Gasteiger partial charge < -0.3 is 0 Å². The molecular formula is C9H15N. The fourth-order valence-electron chi connectivity index (χ4n) is 2.34. The summed E-state index contributed by atoms with van der Waals surface area (Å²) < 4.78 is 0. The normalized spacial score (nSPS) is 38.9. The molecule has 0 radical (unpaired) electrons. The van der Waals surface area contributed by atoms with Gasteiger partial charge in [-0.15, -0.1) is 0 Å². The molecule has 0 N–H and O–H groups in total. The lowest BCUT2D eigenvalue weighted by atomic mass is 9.95. The van der Waals surface area contributed by atoms with Crippen LogP contribution in [0.4, 0.5) is 0 Å². The lowest BCUT2D eigenvalue weighted by Crippen LogP contribution is -2.37. The van der Waals surface area contributed by atoms with E-state index in [0.29, 0.717) is 5.54 Å². The Balaban J connectivity index is 2.23. The van der Waals surface area contributed by atoms with E-state index in [9.17, 15) is 0 Å². The molecule has 0 aromatic carbocycles. The summed E-state index contributed by atoms with van der Waals surface area (Å²) in [5, 5.41) is 0. The maximum atomic E-state index is 2.60. The molecule has 56 valence electrons. The molecule has 0 unspecified atom stereocenters. The molecule has 1 fully saturated rings. The van der Waals surface area contributed by atoms with E-state index < -0.39 is 0 Å². The van der Waals surface area contributed by atoms with Crippen molar-refractivity contribution in [2.75, 3.05) is 13.1 Å². The second kappa shape index (κ2) is 2.09. The van der Waals surface area contributed by atoms with E-state index in [0.717, 1.165) is 0 Å². The lowest BCUT2D eigenvalue weighted by molar-refractivity contribution is 0.219. The Morgan fingerprint density at radius 1 is 1.60 bits per heavy atom. The zero-order valence-electron chi connectivity index (χ0n) is 6.64. The highest BCUT2D eigenvalue weighted by atomic mass is 15.2. The van der Waals surface area contributed by atoms with Crippen molar-refractivity contribution in [3.8, 4) is 0 Å². The maximum absolute atomic E-state index is 2.60. The zero-order valence-corrected chi connectivity index (χ0v) is 6.64. The number of rotatable bonds is 1. The van der Waals surface area contributed by atoms with Gasteiger partial charge >= 0.3 is 0 Å². The number of hydrogen-bond donors (Lipinski definition) is 0. The lowest BCUT2D eigenvalue weighted by Gasteiger charge is -2.29. The van der Waals surface area contributed by atoms with Crippen LogP contribution < -0.4 is 0 Å². The predicted octanol–water partition coefficient (Wildman–Crippen LogP) is 1.80. The first-order chi connectivity index (χ1) is 4.87. The van der Waals surface area contributed by atoms with Crippen molar-refractivity contribution in [3.05, 3.63) is 12.2 Å². The minimum atomic E-state index is 0.500. The van der Waals surface area contributed by atoms with Crippen molar-refractivity contribution < 1.29 is 0 Å². The Morgan fingerprint density at radius 3 is 3.20 bits per heavy atom. The molecule has 10 heavy (non-hydrogen) atoms. The van der Waals surface area contributed by atoms with E-state index in [-0.39, 0.29) is 0 Å². The summed E-state index contributed by atoms with van der Waals surface area (Å²) in [6.07, 6.45) is 8.82. The molecule has 0 aromatic rings. The second-order valence-electron chi connectivity index (χ2n) is 3.41. The third-order valence-corrected chi connectivity index (χ3v) is 3.03. The maximum Gasteiger partial charge on any atom is 0.0392 e. The van der Waals surface area contributed by atoms with Crippen LogP contribution in [0.5, 0.6) is 0 Å². The van der Waals surface area contributed by atoms with Crippen molar-refractivity contribution in [2.24, 2.45) is 0 Å². The summed E-state index contributed by atoms with van der Waals surface area (Å²) in [5.74, 6) is 0. The fourth-order valence-corrected chi connectivity index (χ4v) is 2.34. The van der Waals surface area contributed by atoms with Crippen LogP contribution >= 0.6 is 0 Å². The highest BCUT2D eigenvalue weighted by Crippen LogP contribution is 2.36. The van der Waals surface area contributed by atoms with Gasteiger partial charge in [0.2, 0.25) is 0 Å². The van der Waals surface area contributed by atoms with Gasteiger partial charge in [-0.1, -0.05) is 19.1 Å². The number of hydrogen-bond acceptors (Lipinski definition) is 1. The minimum Gasteiger partial charge on any atom is -0.291 e. The molecule has 1 heteroatoms. The first-order valence-corrected chi connectivity index (χ1v) is 4.30. The summed E-state index contributed by atoms with van der Waals surface area (Å²) in [4.78, 5) is 2.60. The molecule has 0 spiro atoms. The Bertz CT molecular complexity index is 162. The van der Waals surface area contributed by atoms with Gasteiger partial charge in [-0.3, -0.25) is 4.90 Å². The summed E-state index contributed by atoms with van der Waals surface area (Å²) in [5.41, 5.74) is 0.500. The van der Waals surface area contributed by atoms with Crippen LogP contribution in [0.2, 0.25) is 0 Å². The van der Waals surface area contributed by atoms with E-state index in [1.807, 2.05) is 0 Å². The average molecular weight is 137 g/mol. The van der Waals surface area contributed by atoms with Gasteiger partial charge in [0, 0.05) is 12.1 Å². The Morgan fingerprint density at radius 2 is 2.50 bits per heavy atom. The smallest absolute Gasteiger partial charge is 0.0392 e. The van der Waals surface area contributed by atoms with Crippen molar-refractivity contribution in [1.82, 2.24) is 4.90 Å². The highest BCUT2D eigenvalue weighted by Gasteiger charge is 2.38. The second-order valence-corrected chi connectivity index (χ2v) is 3.41. The molecule has 0 aliphatic carbocycles. The van der Waals surface area contributed by atoms with Gasteiger partial charge in [0.25, 0.3) is 0 Å². The molecule has 2 aliphatic heterocycles. The largest absolute Gasteiger partial charge is 0.291 e. The van der Waals surface area contributed by atoms with E-state index in [2.05, 4.69) is 24.0 Å². The number of nitrogens with zero attached hydrogens (tertiary/aromatic N) is 1. The van der Waals surface area contributed by atoms with Crippen molar-refractivity contribution in [3.63, 3.8) is 0 Å². The van der Waals surface area contributed by atoms with Crippen LogP contribution in [-0.4, -0.2) is 23.5 Å². The van der Waals surface area contributed by atoms with Gasteiger partial charge in [0.1, 0.15) is 0 Å². The molecule has 1 nitrogen and oxygen atoms in total. The molecule has 2 heterocycles. The summed E-state index contributed by atoms with van der Waals surface area (Å²) >= 11 is 0. The summed E-state index contributed by atoms with van der Waals surface area (Å²) in [6, 6.07) is 0. The monoisotopic (exact) mass is 137 g/mol. The third-order valence-electron chi connectivity index (χ3n) is 3.03. The van der Waals surface area contributed by atoms with Crippen LogP contribution in [0, 0.1) is 0 Å². The zero-order chi connectivity index (χ0) is 7.03. The summed E-state index contributed by atoms with van der Waals surface area (Å²) in [7, 11) is 0. The highest BCUT2D eigenvalue weighted by molar-refractivity contribution is 5.17. The summed E-state index contributed by atoms with van der Waals surface area (Å²) in [6.45, 7) is 4.82. The van der Waals surface area contributed by atoms with Gasteiger partial charge in [-0.05, 0) is 25.8 Å². The first-order valence-electron chi connectivity index (χ1n) is 4.30. The topological polar surface area (TPSA) is 3.24 Å². The predicted molar refractivity (Wildman–Crippen MR) is 43.0 cm³/mol. The van der Waals surface area contributed by atoms with Crippen molar-refractivity contribution in [2.45, 2.75) is 31.7 Å². The van der Waals surface area contributed by atoms with Gasteiger partial charge in [-0.2, -0.15) is 0 Å². The molecule has 0 saturated carbocycles. The Hall–Kier alpha value is -0.300. The molecule has 1 saturated heterocycles. The van der Waals surface area contributed by atoms with Crippen LogP contribution in [0.1, 0.15) is 26.2 Å². The molecule has 0 amide bonds. The van der Waals surface area contributed by atoms with Crippen molar-refractivity contribution >= 4 is 0 Å². The van der Waals surface area contributed by atoms with E-state index in [1.165, 1.54) is 32.4 Å². The average Bonchev–Trinajstić information content (AvgIpc) is 2.42. The van der Waals surface area contributed by atoms with Crippen LogP contribution in [0.3, 0.4) is 0 Å². The number of fused-ring (bicyclic) bond motifs is 1. The van der Waals surface area contributed by atoms with Crippen LogP contribution in [-0.2, 0) is 0 Å². The van der Waals surface area contributed by atoms with Crippen LogP contribution in [0.15, 0.2) is 12.2 Å². The molecule has 2 rings (SSSR count). The molecule has 0 bridgehead atoms. The first kappa shape index (κ1) is 6.41. The molecular weight excluding hydrogens is 122 g/mol.